The van der Waals surface area contributed by atoms with Gasteiger partial charge in [-0.25, -0.2) is 0 Å². The van der Waals surface area contributed by atoms with Gasteiger partial charge in [0.2, 0.25) is 5.91 Å². The topological polar surface area (TPSA) is 83.6 Å². The molecule has 0 saturated carbocycles. The molecule has 0 aliphatic rings. The van der Waals surface area contributed by atoms with Crippen molar-refractivity contribution in [3.63, 3.8) is 0 Å². The van der Waals surface area contributed by atoms with E-state index in [1.165, 1.54) is 25.1 Å². The van der Waals surface area contributed by atoms with Gasteiger partial charge in [0.15, 0.2) is 6.29 Å². The molecule has 0 rings (SSSR count). The fourth-order valence-electron chi connectivity index (χ4n) is 1.80. The average Bonchev–Trinajstić information content (AvgIpc) is 2.60. The van der Waals surface area contributed by atoms with Gasteiger partial charge in [-0.2, -0.15) is 0 Å². The van der Waals surface area contributed by atoms with E-state index in [2.05, 4.69) is 18.5 Å². The lowest BCUT2D eigenvalue weighted by Crippen LogP contribution is -2.40. The van der Waals surface area contributed by atoms with Gasteiger partial charge in [0.1, 0.15) is 6.29 Å². The Kier molecular flexibility index (Phi) is 12.9. The Balaban J connectivity index is 0. The van der Waals surface area contributed by atoms with E-state index in [4.69, 9.17) is 0 Å². The summed E-state index contributed by atoms with van der Waals surface area (Å²) >= 11 is 0. The number of amides is 2. The number of aldehydes is 2. The van der Waals surface area contributed by atoms with Gasteiger partial charge in [-0.15, -0.1) is 0 Å². The zero-order valence-corrected chi connectivity index (χ0v) is 15.2. The zero-order chi connectivity index (χ0) is 19.3. The van der Waals surface area contributed by atoms with Gasteiger partial charge < -0.3 is 15.0 Å². The van der Waals surface area contributed by atoms with E-state index in [9.17, 15) is 19.2 Å². The molecule has 0 heterocycles. The van der Waals surface area contributed by atoms with Crippen LogP contribution in [-0.4, -0.2) is 49.4 Å². The largest absolute Gasteiger partial charge is 0.359 e. The molecule has 2 amide bonds. The minimum absolute atomic E-state index is 0.0804. The van der Waals surface area contributed by atoms with Crippen molar-refractivity contribution in [2.45, 2.75) is 39.7 Å². The van der Waals surface area contributed by atoms with Crippen LogP contribution in [0.4, 0.5) is 0 Å². The van der Waals surface area contributed by atoms with Crippen LogP contribution in [0.2, 0.25) is 0 Å². The van der Waals surface area contributed by atoms with Crippen LogP contribution >= 0.6 is 0 Å². The van der Waals surface area contributed by atoms with Gasteiger partial charge in [0, 0.05) is 31.7 Å². The Hall–Kier alpha value is -2.50. The number of rotatable bonds is 9. The summed E-state index contributed by atoms with van der Waals surface area (Å²) in [5.41, 5.74) is 0.652. The van der Waals surface area contributed by atoms with Crippen LogP contribution < -0.4 is 5.32 Å². The van der Waals surface area contributed by atoms with E-state index in [0.29, 0.717) is 18.1 Å². The van der Waals surface area contributed by atoms with E-state index < -0.39 is 11.9 Å². The lowest BCUT2D eigenvalue weighted by molar-refractivity contribution is -0.132. The van der Waals surface area contributed by atoms with Gasteiger partial charge in [0.05, 0.1) is 6.04 Å². The fraction of sp³-hybridized carbons (Fsp3) is 0.444. The Morgan fingerprint density at radius 2 is 1.75 bits per heavy atom. The Morgan fingerprint density at radius 1 is 1.21 bits per heavy atom. The van der Waals surface area contributed by atoms with Crippen molar-refractivity contribution in [3.8, 4) is 0 Å². The molecular formula is C18H28N2O4. The third kappa shape index (κ3) is 7.17. The average molecular weight is 336 g/mol. The molecule has 0 fully saturated rings. The maximum absolute atomic E-state index is 12.4. The summed E-state index contributed by atoms with van der Waals surface area (Å²) in [6, 6.07) is -0.766. The van der Waals surface area contributed by atoms with Gasteiger partial charge in [-0.3, -0.25) is 14.4 Å². The lowest BCUT2D eigenvalue weighted by Gasteiger charge is -2.24. The molecule has 6 heteroatoms. The molecule has 0 spiro atoms. The number of hydrogen-bond acceptors (Lipinski definition) is 4. The van der Waals surface area contributed by atoms with E-state index in [0.717, 1.165) is 0 Å². The molecule has 0 aliphatic heterocycles. The molecule has 0 radical (unpaired) electrons. The van der Waals surface area contributed by atoms with Crippen LogP contribution in [0.15, 0.2) is 36.0 Å². The molecule has 0 bridgehead atoms. The highest BCUT2D eigenvalue weighted by Crippen LogP contribution is 2.16. The first-order chi connectivity index (χ1) is 11.3. The number of carbonyl (C=O) groups excluding carboxylic acids is 4. The first-order valence-electron chi connectivity index (χ1n) is 7.74. The van der Waals surface area contributed by atoms with E-state index in [1.54, 1.807) is 6.92 Å². The Bertz CT molecular complexity index is 521. The van der Waals surface area contributed by atoms with Gasteiger partial charge in [-0.1, -0.05) is 33.1 Å². The van der Waals surface area contributed by atoms with E-state index in [1.807, 2.05) is 13.8 Å². The summed E-state index contributed by atoms with van der Waals surface area (Å²) in [4.78, 5) is 47.2. The van der Waals surface area contributed by atoms with E-state index in [-0.39, 0.29) is 29.9 Å². The van der Waals surface area contributed by atoms with Crippen molar-refractivity contribution in [3.05, 3.63) is 36.0 Å². The quantitative estimate of drug-likeness (QED) is 0.395. The molecular weight excluding hydrogens is 308 g/mol. The standard InChI is InChI=1S/C16H22N2O4.C2H6/c1-6-13(14(10-20)11(2)3)16(22)18(5)12(9-19)7-8-15(21)17-4;1-2/h6,9-10,12H,1-2,7-8H2,3-5H3,(H,17,21);1-2H3/b14-13+;. The van der Waals surface area contributed by atoms with Crippen molar-refractivity contribution in [1.29, 1.82) is 0 Å². The molecule has 0 aromatic carbocycles. The Morgan fingerprint density at radius 3 is 2.08 bits per heavy atom. The monoisotopic (exact) mass is 336 g/mol. The minimum Gasteiger partial charge on any atom is -0.359 e. The number of nitrogens with zero attached hydrogens (tertiary/aromatic N) is 1. The molecule has 134 valence electrons. The third-order valence-electron chi connectivity index (χ3n) is 3.22. The van der Waals surface area contributed by atoms with Crippen molar-refractivity contribution in [2.75, 3.05) is 14.1 Å². The molecule has 0 saturated heterocycles. The summed E-state index contributed by atoms with van der Waals surface area (Å²) in [5, 5.41) is 2.45. The predicted octanol–water partition coefficient (Wildman–Crippen LogP) is 1.82. The van der Waals surface area contributed by atoms with Gasteiger partial charge in [-0.05, 0) is 18.9 Å². The number of allylic oxidation sites excluding steroid dienone is 2. The molecule has 6 nitrogen and oxygen atoms in total. The van der Waals surface area contributed by atoms with Crippen molar-refractivity contribution in [2.24, 2.45) is 0 Å². The second-order valence-electron chi connectivity index (χ2n) is 4.76. The summed E-state index contributed by atoms with van der Waals surface area (Å²) in [7, 11) is 2.94. The molecule has 0 aromatic heterocycles. The van der Waals surface area contributed by atoms with Crippen molar-refractivity contribution in [1.82, 2.24) is 10.2 Å². The minimum atomic E-state index is -0.766. The highest BCUT2D eigenvalue weighted by molar-refractivity contribution is 6.03. The summed E-state index contributed by atoms with van der Waals surface area (Å²) in [6.07, 6.45) is 2.71. The first kappa shape index (κ1) is 23.8. The van der Waals surface area contributed by atoms with Crippen LogP contribution in [0.1, 0.15) is 33.6 Å². The number of hydrogen-bond donors (Lipinski definition) is 1. The van der Waals surface area contributed by atoms with Crippen LogP contribution in [-0.2, 0) is 19.2 Å². The number of likely N-dealkylation sites (N-methyl/N-ethyl adjacent to an activating group) is 1. The molecule has 1 unspecified atom stereocenters. The maximum Gasteiger partial charge on any atom is 0.254 e. The van der Waals surface area contributed by atoms with Crippen LogP contribution in [0.5, 0.6) is 0 Å². The van der Waals surface area contributed by atoms with Crippen molar-refractivity contribution < 1.29 is 19.2 Å². The fourth-order valence-corrected chi connectivity index (χ4v) is 1.80. The summed E-state index contributed by atoms with van der Waals surface area (Å²) < 4.78 is 0. The predicted molar refractivity (Wildman–Crippen MR) is 95.4 cm³/mol. The smallest absolute Gasteiger partial charge is 0.254 e. The number of nitrogens with one attached hydrogen (secondary N) is 1. The van der Waals surface area contributed by atoms with Crippen LogP contribution in [0.3, 0.4) is 0 Å². The number of carbonyl (C=O) groups is 4. The zero-order valence-electron chi connectivity index (χ0n) is 15.2. The highest BCUT2D eigenvalue weighted by atomic mass is 16.2. The third-order valence-corrected chi connectivity index (χ3v) is 3.22. The van der Waals surface area contributed by atoms with Gasteiger partial charge in [0.25, 0.3) is 5.91 Å². The van der Waals surface area contributed by atoms with Crippen molar-refractivity contribution >= 4 is 24.4 Å². The van der Waals surface area contributed by atoms with Crippen LogP contribution in [0, 0.1) is 0 Å². The highest BCUT2D eigenvalue weighted by Gasteiger charge is 2.23. The molecule has 0 aliphatic carbocycles. The molecule has 1 atom stereocenters. The van der Waals surface area contributed by atoms with Gasteiger partial charge >= 0.3 is 0 Å². The maximum atomic E-state index is 12.4. The Labute approximate surface area is 144 Å². The first-order valence-corrected chi connectivity index (χ1v) is 7.74. The normalized spacial score (nSPS) is 11.7. The second-order valence-corrected chi connectivity index (χ2v) is 4.76. The van der Waals surface area contributed by atoms with Crippen LogP contribution in [0.25, 0.3) is 0 Å². The molecule has 24 heavy (non-hydrogen) atoms. The molecule has 0 aromatic rings. The molecule has 1 N–H and O–H groups in total. The SMILES string of the molecule is C=C/C(C(=O)N(C)C(C=O)CCC(=O)NC)=C(/C=O)C(=C)C.CC. The second kappa shape index (κ2) is 13.0. The summed E-state index contributed by atoms with van der Waals surface area (Å²) in [5.74, 6) is -0.739. The summed E-state index contributed by atoms with van der Waals surface area (Å²) in [6.45, 7) is 12.8. The van der Waals surface area contributed by atoms with E-state index >= 15 is 0 Å². The lowest BCUT2D eigenvalue weighted by atomic mass is 10.0.